The molecule has 0 aromatic heterocycles. The molecule has 1 unspecified atom stereocenters. The smallest absolute Gasteiger partial charge is 0.145 e. The van der Waals surface area contributed by atoms with Crippen LogP contribution in [0.4, 0.5) is 5.69 Å². The van der Waals surface area contributed by atoms with Gasteiger partial charge in [-0.1, -0.05) is 0 Å². The molecule has 5 heteroatoms. The van der Waals surface area contributed by atoms with E-state index in [4.69, 9.17) is 14.6 Å². The zero-order chi connectivity index (χ0) is 12.1. The van der Waals surface area contributed by atoms with Crippen LogP contribution in [0, 0.1) is 0 Å². The van der Waals surface area contributed by atoms with E-state index < -0.39 is 6.10 Å². The van der Waals surface area contributed by atoms with Gasteiger partial charge >= 0.3 is 0 Å². The molecule has 3 N–H and O–H groups in total. The Morgan fingerprint density at radius 2 is 2.06 bits per heavy atom. The Balaban J connectivity index is 1.80. The number of hydrogen-bond donors (Lipinski definition) is 3. The standard InChI is InChI=1S/C12H17NO4/c14-6-10(15)5-13-9-1-3-11(4-2-9)17-12-7-16-8-12/h1-4,10,12-15H,5-8H2. The highest BCUT2D eigenvalue weighted by molar-refractivity contribution is 5.46. The van der Waals surface area contributed by atoms with Crippen LogP contribution in [-0.2, 0) is 4.74 Å². The highest BCUT2D eigenvalue weighted by Crippen LogP contribution is 2.18. The van der Waals surface area contributed by atoms with E-state index >= 15 is 0 Å². The van der Waals surface area contributed by atoms with Gasteiger partial charge in [-0.3, -0.25) is 0 Å². The van der Waals surface area contributed by atoms with E-state index in [1.807, 2.05) is 24.3 Å². The minimum Gasteiger partial charge on any atom is -0.486 e. The van der Waals surface area contributed by atoms with Crippen molar-refractivity contribution in [2.75, 3.05) is 31.7 Å². The molecule has 0 saturated carbocycles. The normalized spacial score (nSPS) is 17.3. The Morgan fingerprint density at radius 1 is 1.35 bits per heavy atom. The van der Waals surface area contributed by atoms with Crippen LogP contribution in [0.5, 0.6) is 5.75 Å². The van der Waals surface area contributed by atoms with Gasteiger partial charge in [-0.15, -0.1) is 0 Å². The molecule has 1 aromatic carbocycles. The highest BCUT2D eigenvalue weighted by atomic mass is 16.6. The van der Waals surface area contributed by atoms with E-state index in [-0.39, 0.29) is 12.7 Å². The summed E-state index contributed by atoms with van der Waals surface area (Å²) in [7, 11) is 0. The van der Waals surface area contributed by atoms with Crippen molar-refractivity contribution in [1.82, 2.24) is 0 Å². The van der Waals surface area contributed by atoms with Crippen LogP contribution in [0.15, 0.2) is 24.3 Å². The lowest BCUT2D eigenvalue weighted by molar-refractivity contribution is -0.0796. The van der Waals surface area contributed by atoms with E-state index in [0.29, 0.717) is 19.8 Å². The molecule has 0 amide bonds. The van der Waals surface area contributed by atoms with Gasteiger partial charge in [0.15, 0.2) is 0 Å². The number of benzene rings is 1. The SMILES string of the molecule is OCC(O)CNc1ccc(OC2COC2)cc1. The summed E-state index contributed by atoms with van der Waals surface area (Å²) >= 11 is 0. The van der Waals surface area contributed by atoms with E-state index in [1.54, 1.807) is 0 Å². The Bertz CT molecular complexity index is 337. The molecule has 1 heterocycles. The van der Waals surface area contributed by atoms with Crippen molar-refractivity contribution < 1.29 is 19.7 Å². The van der Waals surface area contributed by atoms with E-state index in [2.05, 4.69) is 5.32 Å². The number of aliphatic hydroxyl groups excluding tert-OH is 2. The Kier molecular flexibility index (Phi) is 4.19. The second-order valence-electron chi connectivity index (χ2n) is 4.02. The average molecular weight is 239 g/mol. The topological polar surface area (TPSA) is 71.0 Å². The molecule has 94 valence electrons. The molecule has 0 radical (unpaired) electrons. The monoisotopic (exact) mass is 239 g/mol. The lowest BCUT2D eigenvalue weighted by Crippen LogP contribution is -2.38. The fraction of sp³-hybridized carbons (Fsp3) is 0.500. The van der Waals surface area contributed by atoms with Crippen LogP contribution >= 0.6 is 0 Å². The van der Waals surface area contributed by atoms with Crippen molar-refractivity contribution in [3.05, 3.63) is 24.3 Å². The molecule has 1 fully saturated rings. The first kappa shape index (κ1) is 12.2. The van der Waals surface area contributed by atoms with Crippen LogP contribution < -0.4 is 10.1 Å². The predicted molar refractivity (Wildman–Crippen MR) is 63.3 cm³/mol. The van der Waals surface area contributed by atoms with Crippen LogP contribution in [0.1, 0.15) is 0 Å². The molecular formula is C12H17NO4. The van der Waals surface area contributed by atoms with Gasteiger partial charge in [-0.05, 0) is 24.3 Å². The van der Waals surface area contributed by atoms with E-state index in [9.17, 15) is 5.11 Å². The van der Waals surface area contributed by atoms with Crippen LogP contribution in [0.25, 0.3) is 0 Å². The van der Waals surface area contributed by atoms with Crippen molar-refractivity contribution >= 4 is 5.69 Å². The summed E-state index contributed by atoms with van der Waals surface area (Å²) in [6.07, 6.45) is -0.567. The molecule has 17 heavy (non-hydrogen) atoms. The third-order valence-electron chi connectivity index (χ3n) is 2.52. The summed E-state index contributed by atoms with van der Waals surface area (Å²) in [5, 5.41) is 20.9. The number of ether oxygens (including phenoxy) is 2. The Labute approximate surface area is 100.0 Å². The lowest BCUT2D eigenvalue weighted by Gasteiger charge is -2.26. The van der Waals surface area contributed by atoms with Gasteiger partial charge in [0.2, 0.25) is 0 Å². The average Bonchev–Trinajstić information content (AvgIpc) is 2.32. The fourth-order valence-corrected chi connectivity index (χ4v) is 1.43. The van der Waals surface area contributed by atoms with E-state index in [0.717, 1.165) is 11.4 Å². The van der Waals surface area contributed by atoms with Crippen LogP contribution in [-0.4, -0.2) is 48.8 Å². The van der Waals surface area contributed by atoms with Gasteiger partial charge in [0.25, 0.3) is 0 Å². The zero-order valence-electron chi connectivity index (χ0n) is 9.50. The predicted octanol–water partition coefficient (Wildman–Crippen LogP) is 0.229. The molecule has 1 saturated heterocycles. The largest absolute Gasteiger partial charge is 0.486 e. The molecule has 2 rings (SSSR count). The maximum atomic E-state index is 9.18. The van der Waals surface area contributed by atoms with Crippen LogP contribution in [0.3, 0.4) is 0 Å². The highest BCUT2D eigenvalue weighted by Gasteiger charge is 2.19. The fourth-order valence-electron chi connectivity index (χ4n) is 1.43. The quantitative estimate of drug-likeness (QED) is 0.663. The van der Waals surface area contributed by atoms with E-state index in [1.165, 1.54) is 0 Å². The summed E-state index contributed by atoms with van der Waals surface area (Å²) in [4.78, 5) is 0. The molecule has 1 atom stereocenters. The summed E-state index contributed by atoms with van der Waals surface area (Å²) in [5.41, 5.74) is 0.884. The van der Waals surface area contributed by atoms with Gasteiger partial charge in [0.1, 0.15) is 11.9 Å². The lowest BCUT2D eigenvalue weighted by atomic mass is 10.2. The van der Waals surface area contributed by atoms with Gasteiger partial charge in [0.05, 0.1) is 25.9 Å². The molecule has 5 nitrogen and oxygen atoms in total. The second-order valence-corrected chi connectivity index (χ2v) is 4.02. The van der Waals surface area contributed by atoms with Gasteiger partial charge in [-0.2, -0.15) is 0 Å². The molecule has 0 spiro atoms. The molecule has 0 bridgehead atoms. The zero-order valence-corrected chi connectivity index (χ0v) is 9.50. The van der Waals surface area contributed by atoms with Crippen LogP contribution in [0.2, 0.25) is 0 Å². The maximum absolute atomic E-state index is 9.18. The van der Waals surface area contributed by atoms with Gasteiger partial charge < -0.3 is 25.0 Å². The van der Waals surface area contributed by atoms with Crippen molar-refractivity contribution in [3.63, 3.8) is 0 Å². The Morgan fingerprint density at radius 3 is 2.59 bits per heavy atom. The van der Waals surface area contributed by atoms with Gasteiger partial charge in [0, 0.05) is 12.2 Å². The molecular weight excluding hydrogens is 222 g/mol. The third-order valence-corrected chi connectivity index (χ3v) is 2.52. The third kappa shape index (κ3) is 3.59. The summed E-state index contributed by atoms with van der Waals surface area (Å²) < 4.78 is 10.6. The first-order chi connectivity index (χ1) is 8.28. The molecule has 0 aliphatic carbocycles. The Hall–Kier alpha value is -1.30. The molecule has 1 aliphatic heterocycles. The van der Waals surface area contributed by atoms with Gasteiger partial charge in [-0.25, -0.2) is 0 Å². The number of aliphatic hydroxyl groups is 2. The summed E-state index contributed by atoms with van der Waals surface area (Å²) in [5.74, 6) is 0.812. The number of anilines is 1. The van der Waals surface area contributed by atoms with Crippen molar-refractivity contribution in [1.29, 1.82) is 0 Å². The minimum absolute atomic E-state index is 0.171. The van der Waals surface area contributed by atoms with Crippen molar-refractivity contribution in [2.45, 2.75) is 12.2 Å². The minimum atomic E-state index is -0.738. The number of nitrogens with one attached hydrogen (secondary N) is 1. The molecule has 1 aliphatic rings. The van der Waals surface area contributed by atoms with Crippen molar-refractivity contribution in [2.24, 2.45) is 0 Å². The summed E-state index contributed by atoms with van der Waals surface area (Å²) in [6, 6.07) is 7.48. The first-order valence-corrected chi connectivity index (χ1v) is 5.65. The number of hydrogen-bond acceptors (Lipinski definition) is 5. The second kappa shape index (κ2) is 5.86. The van der Waals surface area contributed by atoms with Crippen molar-refractivity contribution in [3.8, 4) is 5.75 Å². The first-order valence-electron chi connectivity index (χ1n) is 5.65. The number of rotatable bonds is 6. The maximum Gasteiger partial charge on any atom is 0.145 e. The summed E-state index contributed by atoms with van der Waals surface area (Å²) in [6.45, 7) is 1.40. The molecule has 1 aromatic rings.